The smallest absolute Gasteiger partial charge is 0.265 e. The van der Waals surface area contributed by atoms with Crippen molar-refractivity contribution in [2.45, 2.75) is 20.3 Å². The summed E-state index contributed by atoms with van der Waals surface area (Å²) in [5.41, 5.74) is 4.03. The molecule has 3 rings (SSSR count). The molecule has 8 nitrogen and oxygen atoms in total. The van der Waals surface area contributed by atoms with Crippen LogP contribution in [0, 0.1) is 6.92 Å². The first-order valence-corrected chi connectivity index (χ1v) is 9.10. The highest BCUT2D eigenvalue weighted by Gasteiger charge is 2.13. The van der Waals surface area contributed by atoms with E-state index in [1.807, 2.05) is 20.0 Å². The Hall–Kier alpha value is -3.56. The van der Waals surface area contributed by atoms with Crippen molar-refractivity contribution in [2.24, 2.45) is 17.3 Å². The van der Waals surface area contributed by atoms with Crippen LogP contribution in [-0.4, -0.2) is 38.6 Å². The first kappa shape index (κ1) is 21.2. The molecular formula is C20H21F2N7O. The number of ether oxygens (including phenoxy) is 1. The van der Waals surface area contributed by atoms with Crippen molar-refractivity contribution < 1.29 is 13.5 Å². The van der Waals surface area contributed by atoms with Crippen LogP contribution in [-0.2, 0) is 7.05 Å². The predicted molar refractivity (Wildman–Crippen MR) is 107 cm³/mol. The fraction of sp³-hybridized carbons (Fsp3) is 0.300. The average molecular weight is 413 g/mol. The van der Waals surface area contributed by atoms with Crippen LogP contribution in [0.2, 0.25) is 0 Å². The lowest BCUT2D eigenvalue weighted by molar-refractivity contribution is 0.151. The number of azo groups is 1. The SMILES string of the molecule is CN=N/C(=C(\C)COc1ccc(-c2cnn(C)c2C)nn1)c1ccc(C(F)F)cn1. The Balaban J connectivity index is 1.75. The van der Waals surface area contributed by atoms with E-state index in [1.54, 1.807) is 23.9 Å². The van der Waals surface area contributed by atoms with Crippen LogP contribution in [0.1, 0.15) is 30.3 Å². The minimum Gasteiger partial charge on any atom is -0.472 e. The first-order valence-electron chi connectivity index (χ1n) is 9.10. The maximum atomic E-state index is 12.7. The standard InChI is InChI=1S/C20H21F2N7O/c1-12(19(28-23-3)17-6-5-14(9-24-17)20(21)22)11-30-18-8-7-16(26-27-18)15-10-25-29(4)13(15)2/h5-10,20H,11H2,1-4H3/b19-12+,28-23?. The van der Waals surface area contributed by atoms with E-state index < -0.39 is 6.43 Å². The Morgan fingerprint density at radius 1 is 1.17 bits per heavy atom. The van der Waals surface area contributed by atoms with Crippen LogP contribution in [0.3, 0.4) is 0 Å². The van der Waals surface area contributed by atoms with Gasteiger partial charge in [-0.1, -0.05) is 0 Å². The van der Waals surface area contributed by atoms with Gasteiger partial charge >= 0.3 is 0 Å². The lowest BCUT2D eigenvalue weighted by Gasteiger charge is -2.09. The molecule has 3 aromatic rings. The van der Waals surface area contributed by atoms with Crippen LogP contribution in [0.5, 0.6) is 5.88 Å². The zero-order chi connectivity index (χ0) is 21.7. The molecule has 156 valence electrons. The van der Waals surface area contributed by atoms with Gasteiger partial charge in [-0.3, -0.25) is 9.67 Å². The maximum absolute atomic E-state index is 12.7. The Bertz CT molecular complexity index is 1060. The van der Waals surface area contributed by atoms with Gasteiger partial charge in [-0.05, 0) is 37.6 Å². The van der Waals surface area contributed by atoms with Crippen LogP contribution in [0.15, 0.2) is 52.5 Å². The second kappa shape index (κ2) is 9.29. The van der Waals surface area contributed by atoms with Gasteiger partial charge < -0.3 is 4.74 Å². The molecule has 0 amide bonds. The number of rotatable bonds is 7. The van der Waals surface area contributed by atoms with E-state index in [-0.39, 0.29) is 12.2 Å². The van der Waals surface area contributed by atoms with Gasteiger partial charge in [0.05, 0.1) is 17.6 Å². The van der Waals surface area contributed by atoms with Crippen LogP contribution in [0.25, 0.3) is 17.0 Å². The molecule has 0 spiro atoms. The minimum absolute atomic E-state index is 0.153. The summed E-state index contributed by atoms with van der Waals surface area (Å²) in [5, 5.41) is 20.4. The predicted octanol–water partition coefficient (Wildman–Crippen LogP) is 4.41. The number of aryl methyl sites for hydroxylation is 1. The largest absolute Gasteiger partial charge is 0.472 e. The number of pyridine rings is 1. The molecule has 3 heterocycles. The van der Waals surface area contributed by atoms with Crippen molar-refractivity contribution in [3.63, 3.8) is 0 Å². The molecule has 0 saturated carbocycles. The monoisotopic (exact) mass is 413 g/mol. The molecule has 0 aliphatic heterocycles. The van der Waals surface area contributed by atoms with Gasteiger partial charge in [0.2, 0.25) is 5.88 Å². The summed E-state index contributed by atoms with van der Waals surface area (Å²) < 4.78 is 33.0. The van der Waals surface area contributed by atoms with Crippen molar-refractivity contribution in [3.8, 4) is 17.1 Å². The third kappa shape index (κ3) is 4.70. The number of halogens is 2. The van der Waals surface area contributed by atoms with Gasteiger partial charge in [0.25, 0.3) is 6.43 Å². The van der Waals surface area contributed by atoms with E-state index in [0.29, 0.717) is 28.5 Å². The zero-order valence-corrected chi connectivity index (χ0v) is 17.0. The number of hydrogen-bond donors (Lipinski definition) is 0. The summed E-state index contributed by atoms with van der Waals surface area (Å²) in [5.74, 6) is 0.341. The molecule has 0 bridgehead atoms. The second-order valence-corrected chi connectivity index (χ2v) is 6.52. The van der Waals surface area contributed by atoms with Crippen LogP contribution in [0.4, 0.5) is 8.78 Å². The number of hydrogen-bond acceptors (Lipinski definition) is 7. The van der Waals surface area contributed by atoms with Gasteiger partial charge in [0.1, 0.15) is 12.3 Å². The molecule has 0 radical (unpaired) electrons. The topological polar surface area (TPSA) is 90.4 Å². The molecule has 0 aliphatic rings. The van der Waals surface area contributed by atoms with Crippen molar-refractivity contribution in [1.29, 1.82) is 0 Å². The van der Waals surface area contributed by atoms with E-state index in [9.17, 15) is 8.78 Å². The van der Waals surface area contributed by atoms with E-state index in [0.717, 1.165) is 17.5 Å². The van der Waals surface area contributed by atoms with Gasteiger partial charge in [0, 0.05) is 43.2 Å². The molecule has 3 aromatic heterocycles. The van der Waals surface area contributed by atoms with Crippen molar-refractivity contribution in [2.75, 3.05) is 13.7 Å². The third-order valence-corrected chi connectivity index (χ3v) is 4.47. The van der Waals surface area contributed by atoms with Gasteiger partial charge in [-0.25, -0.2) is 8.78 Å². The first-order chi connectivity index (χ1) is 14.4. The summed E-state index contributed by atoms with van der Waals surface area (Å²) in [7, 11) is 3.38. The lowest BCUT2D eigenvalue weighted by atomic mass is 10.1. The number of nitrogens with zero attached hydrogens (tertiary/aromatic N) is 7. The highest BCUT2D eigenvalue weighted by atomic mass is 19.3. The van der Waals surface area contributed by atoms with Gasteiger partial charge in [-0.15, -0.1) is 10.2 Å². The summed E-state index contributed by atoms with van der Waals surface area (Å²) in [6.45, 7) is 3.91. The van der Waals surface area contributed by atoms with E-state index in [2.05, 4.69) is 30.5 Å². The van der Waals surface area contributed by atoms with Crippen LogP contribution < -0.4 is 4.74 Å². The molecule has 10 heteroatoms. The third-order valence-electron chi connectivity index (χ3n) is 4.47. The van der Waals surface area contributed by atoms with Crippen molar-refractivity contribution in [3.05, 3.63) is 59.2 Å². The zero-order valence-electron chi connectivity index (χ0n) is 17.0. The quantitative estimate of drug-likeness (QED) is 0.535. The molecule has 0 atom stereocenters. The van der Waals surface area contributed by atoms with E-state index in [1.165, 1.54) is 19.2 Å². The molecule has 0 saturated heterocycles. The number of alkyl halides is 2. The summed E-state index contributed by atoms with van der Waals surface area (Å²) in [4.78, 5) is 4.07. The summed E-state index contributed by atoms with van der Waals surface area (Å²) in [6, 6.07) is 6.33. The van der Waals surface area contributed by atoms with Crippen molar-refractivity contribution in [1.82, 2.24) is 25.0 Å². The molecule has 0 fully saturated rings. The average Bonchev–Trinajstić information content (AvgIpc) is 3.09. The fourth-order valence-electron chi connectivity index (χ4n) is 2.67. The Morgan fingerprint density at radius 2 is 1.97 bits per heavy atom. The minimum atomic E-state index is -2.58. The normalized spacial score (nSPS) is 12.5. The van der Waals surface area contributed by atoms with E-state index in [4.69, 9.17) is 4.74 Å². The second-order valence-electron chi connectivity index (χ2n) is 6.52. The highest BCUT2D eigenvalue weighted by Crippen LogP contribution is 2.24. The summed E-state index contributed by atoms with van der Waals surface area (Å²) in [6.07, 6.45) is 0.290. The maximum Gasteiger partial charge on any atom is 0.265 e. The highest BCUT2D eigenvalue weighted by molar-refractivity contribution is 5.64. The summed E-state index contributed by atoms with van der Waals surface area (Å²) >= 11 is 0. The number of aromatic nitrogens is 5. The molecule has 30 heavy (non-hydrogen) atoms. The Morgan fingerprint density at radius 3 is 2.50 bits per heavy atom. The van der Waals surface area contributed by atoms with Gasteiger partial charge in [-0.2, -0.15) is 15.3 Å². The lowest BCUT2D eigenvalue weighted by Crippen LogP contribution is -2.04. The molecule has 0 unspecified atom stereocenters. The Labute approximate surface area is 172 Å². The molecular weight excluding hydrogens is 392 g/mol. The molecule has 0 aromatic carbocycles. The fourth-order valence-corrected chi connectivity index (χ4v) is 2.67. The van der Waals surface area contributed by atoms with Crippen LogP contribution >= 0.6 is 0 Å². The van der Waals surface area contributed by atoms with E-state index >= 15 is 0 Å². The van der Waals surface area contributed by atoms with Gasteiger partial charge in [0.15, 0.2) is 0 Å². The molecule has 0 aliphatic carbocycles. The molecule has 0 N–H and O–H groups in total. The van der Waals surface area contributed by atoms with Crippen molar-refractivity contribution >= 4 is 5.70 Å². The Kier molecular flexibility index (Phi) is 6.55.